The molecule has 4 heteroatoms. The van der Waals surface area contributed by atoms with E-state index in [-0.39, 0.29) is 11.4 Å². The third-order valence-electron chi connectivity index (χ3n) is 3.85. The van der Waals surface area contributed by atoms with Gasteiger partial charge < -0.3 is 15.6 Å². The molecule has 0 unspecified atom stereocenters. The molecule has 0 saturated heterocycles. The lowest BCUT2D eigenvalue weighted by atomic mass is 9.87. The summed E-state index contributed by atoms with van der Waals surface area (Å²) >= 11 is 0. The van der Waals surface area contributed by atoms with Crippen LogP contribution in [0.1, 0.15) is 26.3 Å². The smallest absolute Gasteiger partial charge is 0.323 e. The maximum atomic E-state index is 12.2. The van der Waals surface area contributed by atoms with E-state index in [0.29, 0.717) is 0 Å². The van der Waals surface area contributed by atoms with Crippen LogP contribution >= 0.6 is 0 Å². The predicted octanol–water partition coefficient (Wildman–Crippen LogP) is 5.11. The zero-order chi connectivity index (χ0) is 16.4. The van der Waals surface area contributed by atoms with Crippen molar-refractivity contribution in [3.8, 4) is 0 Å². The summed E-state index contributed by atoms with van der Waals surface area (Å²) in [6.07, 6.45) is 1.86. The fourth-order valence-electron chi connectivity index (χ4n) is 2.53. The van der Waals surface area contributed by atoms with Gasteiger partial charge in [-0.2, -0.15) is 0 Å². The first kappa shape index (κ1) is 15.2. The van der Waals surface area contributed by atoms with E-state index in [4.69, 9.17) is 0 Å². The van der Waals surface area contributed by atoms with Gasteiger partial charge in [0, 0.05) is 22.8 Å². The molecule has 0 radical (unpaired) electrons. The fourth-order valence-corrected chi connectivity index (χ4v) is 2.53. The number of urea groups is 1. The SMILES string of the molecule is CC(C)(C)c1ccc(NC(=O)Nc2cccc3[nH]ccc23)cc1. The number of aromatic nitrogens is 1. The standard InChI is InChI=1S/C19H21N3O/c1-19(2,3)13-7-9-14(10-8-13)21-18(23)22-17-6-4-5-16-15(17)11-12-20-16/h4-12,20H,1-3H3,(H2,21,22,23). The molecule has 3 N–H and O–H groups in total. The Kier molecular flexibility index (Phi) is 3.82. The average molecular weight is 307 g/mol. The van der Waals surface area contributed by atoms with E-state index < -0.39 is 0 Å². The topological polar surface area (TPSA) is 56.9 Å². The summed E-state index contributed by atoms with van der Waals surface area (Å²) in [6, 6.07) is 15.4. The van der Waals surface area contributed by atoms with Gasteiger partial charge >= 0.3 is 6.03 Å². The lowest BCUT2D eigenvalue weighted by molar-refractivity contribution is 0.262. The molecule has 0 saturated carbocycles. The minimum Gasteiger partial charge on any atom is -0.361 e. The summed E-state index contributed by atoms with van der Waals surface area (Å²) in [5.74, 6) is 0. The molecule has 1 heterocycles. The van der Waals surface area contributed by atoms with Crippen LogP contribution in [0.2, 0.25) is 0 Å². The quantitative estimate of drug-likeness (QED) is 0.605. The van der Waals surface area contributed by atoms with E-state index in [1.54, 1.807) is 0 Å². The molecule has 0 atom stereocenters. The van der Waals surface area contributed by atoms with Gasteiger partial charge in [0.25, 0.3) is 0 Å². The second-order valence-corrected chi connectivity index (χ2v) is 6.65. The highest BCUT2D eigenvalue weighted by atomic mass is 16.2. The van der Waals surface area contributed by atoms with Crippen LogP contribution in [-0.2, 0) is 5.41 Å². The number of rotatable bonds is 2. The normalized spacial score (nSPS) is 11.4. The molecule has 3 rings (SSSR count). The zero-order valence-electron chi connectivity index (χ0n) is 13.6. The van der Waals surface area contributed by atoms with Crippen molar-refractivity contribution < 1.29 is 4.79 Å². The number of aromatic amines is 1. The van der Waals surface area contributed by atoms with Crippen molar-refractivity contribution in [2.75, 3.05) is 10.6 Å². The first-order valence-corrected chi connectivity index (χ1v) is 7.68. The number of fused-ring (bicyclic) bond motifs is 1. The number of carbonyl (C=O) groups is 1. The van der Waals surface area contributed by atoms with E-state index in [1.807, 2.05) is 54.7 Å². The van der Waals surface area contributed by atoms with Crippen LogP contribution in [0, 0.1) is 0 Å². The van der Waals surface area contributed by atoms with Crippen LogP contribution in [-0.4, -0.2) is 11.0 Å². The van der Waals surface area contributed by atoms with Crippen LogP contribution in [0.4, 0.5) is 16.2 Å². The maximum Gasteiger partial charge on any atom is 0.323 e. The Morgan fingerprint density at radius 2 is 1.70 bits per heavy atom. The van der Waals surface area contributed by atoms with Gasteiger partial charge in [0.05, 0.1) is 5.69 Å². The van der Waals surface area contributed by atoms with Gasteiger partial charge in [-0.3, -0.25) is 0 Å². The molecule has 2 aromatic carbocycles. The van der Waals surface area contributed by atoms with Crippen LogP contribution in [0.25, 0.3) is 10.9 Å². The third kappa shape index (κ3) is 3.37. The highest BCUT2D eigenvalue weighted by molar-refractivity contribution is 6.05. The Balaban J connectivity index is 1.71. The molecule has 2 amide bonds. The number of hydrogen-bond donors (Lipinski definition) is 3. The molecule has 23 heavy (non-hydrogen) atoms. The van der Waals surface area contributed by atoms with Gasteiger partial charge in [-0.15, -0.1) is 0 Å². The van der Waals surface area contributed by atoms with Gasteiger partial charge in [0.1, 0.15) is 0 Å². The molecule has 0 spiro atoms. The first-order chi connectivity index (χ1) is 10.9. The van der Waals surface area contributed by atoms with Crippen LogP contribution in [0.3, 0.4) is 0 Å². The molecular formula is C19H21N3O. The number of benzene rings is 2. The zero-order valence-corrected chi connectivity index (χ0v) is 13.6. The summed E-state index contributed by atoms with van der Waals surface area (Å²) in [5.41, 5.74) is 3.90. The fraction of sp³-hybridized carbons (Fsp3) is 0.211. The lowest BCUT2D eigenvalue weighted by Crippen LogP contribution is -2.19. The number of amides is 2. The minimum atomic E-state index is -0.248. The number of H-pyrrole nitrogens is 1. The van der Waals surface area contributed by atoms with Crippen molar-refractivity contribution in [3.05, 3.63) is 60.3 Å². The Labute approximate surface area is 135 Å². The van der Waals surface area contributed by atoms with E-state index >= 15 is 0 Å². The molecule has 4 nitrogen and oxygen atoms in total. The summed E-state index contributed by atoms with van der Waals surface area (Å²) in [6.45, 7) is 6.50. The first-order valence-electron chi connectivity index (χ1n) is 7.68. The molecule has 0 aliphatic carbocycles. The number of anilines is 2. The second kappa shape index (κ2) is 5.80. The molecule has 0 aliphatic heterocycles. The largest absolute Gasteiger partial charge is 0.361 e. The van der Waals surface area contributed by atoms with Gasteiger partial charge in [-0.1, -0.05) is 39.0 Å². The van der Waals surface area contributed by atoms with Crippen molar-refractivity contribution in [2.45, 2.75) is 26.2 Å². The summed E-state index contributed by atoms with van der Waals surface area (Å²) in [4.78, 5) is 15.3. The van der Waals surface area contributed by atoms with Crippen molar-refractivity contribution in [1.29, 1.82) is 0 Å². The van der Waals surface area contributed by atoms with E-state index in [0.717, 1.165) is 22.3 Å². The van der Waals surface area contributed by atoms with E-state index in [1.165, 1.54) is 5.56 Å². The second-order valence-electron chi connectivity index (χ2n) is 6.65. The van der Waals surface area contributed by atoms with Gasteiger partial charge in [0.2, 0.25) is 0 Å². The van der Waals surface area contributed by atoms with E-state index in [9.17, 15) is 4.79 Å². The molecule has 0 aliphatic rings. The lowest BCUT2D eigenvalue weighted by Gasteiger charge is -2.19. The van der Waals surface area contributed by atoms with Crippen LogP contribution < -0.4 is 10.6 Å². The molecule has 3 aromatic rings. The highest BCUT2D eigenvalue weighted by Gasteiger charge is 2.13. The predicted molar refractivity (Wildman–Crippen MR) is 96.1 cm³/mol. The third-order valence-corrected chi connectivity index (χ3v) is 3.85. The number of carbonyl (C=O) groups excluding carboxylic acids is 1. The Morgan fingerprint density at radius 3 is 2.39 bits per heavy atom. The number of nitrogens with one attached hydrogen (secondary N) is 3. The molecule has 0 fully saturated rings. The van der Waals surface area contributed by atoms with Crippen molar-refractivity contribution in [3.63, 3.8) is 0 Å². The Bertz CT molecular complexity index is 826. The Hall–Kier alpha value is -2.75. The van der Waals surface area contributed by atoms with Gasteiger partial charge in [0.15, 0.2) is 0 Å². The summed E-state index contributed by atoms with van der Waals surface area (Å²) in [7, 11) is 0. The minimum absolute atomic E-state index is 0.102. The van der Waals surface area contributed by atoms with Crippen LogP contribution in [0.5, 0.6) is 0 Å². The van der Waals surface area contributed by atoms with Crippen molar-refractivity contribution in [2.24, 2.45) is 0 Å². The van der Waals surface area contributed by atoms with Crippen molar-refractivity contribution >= 4 is 28.3 Å². The van der Waals surface area contributed by atoms with E-state index in [2.05, 4.69) is 36.4 Å². The van der Waals surface area contributed by atoms with Crippen molar-refractivity contribution in [1.82, 2.24) is 4.98 Å². The average Bonchev–Trinajstić information content (AvgIpc) is 2.96. The Morgan fingerprint density at radius 1 is 0.957 bits per heavy atom. The molecule has 0 bridgehead atoms. The molecule has 118 valence electrons. The maximum absolute atomic E-state index is 12.2. The van der Waals surface area contributed by atoms with Gasteiger partial charge in [-0.05, 0) is 41.3 Å². The summed E-state index contributed by atoms with van der Waals surface area (Å²) in [5, 5.41) is 6.75. The summed E-state index contributed by atoms with van der Waals surface area (Å²) < 4.78 is 0. The monoisotopic (exact) mass is 307 g/mol. The number of hydrogen-bond acceptors (Lipinski definition) is 1. The molecular weight excluding hydrogens is 286 g/mol. The van der Waals surface area contributed by atoms with Gasteiger partial charge in [-0.25, -0.2) is 4.79 Å². The van der Waals surface area contributed by atoms with Crippen LogP contribution in [0.15, 0.2) is 54.7 Å². The molecule has 1 aromatic heterocycles. The highest BCUT2D eigenvalue weighted by Crippen LogP contribution is 2.24.